The van der Waals surface area contributed by atoms with E-state index in [1.165, 1.54) is 0 Å². The lowest BCUT2D eigenvalue weighted by Crippen LogP contribution is -2.29. The highest BCUT2D eigenvalue weighted by molar-refractivity contribution is 5.77. The SMILES string of the molecule is CCOCC(=O)N[C@@H](C)c1ccco1. The zero-order chi connectivity index (χ0) is 10.4. The molecule has 0 spiro atoms. The molecule has 1 amide bonds. The quantitative estimate of drug-likeness (QED) is 0.778. The maximum atomic E-state index is 11.2. The zero-order valence-electron chi connectivity index (χ0n) is 8.45. The summed E-state index contributed by atoms with van der Waals surface area (Å²) in [7, 11) is 0. The van der Waals surface area contributed by atoms with Crippen LogP contribution in [0.25, 0.3) is 0 Å². The van der Waals surface area contributed by atoms with Crippen LogP contribution in [-0.4, -0.2) is 19.1 Å². The van der Waals surface area contributed by atoms with Crippen molar-refractivity contribution in [3.05, 3.63) is 24.2 Å². The predicted molar refractivity (Wildman–Crippen MR) is 51.8 cm³/mol. The summed E-state index contributed by atoms with van der Waals surface area (Å²) in [5.41, 5.74) is 0. The molecule has 0 radical (unpaired) electrons. The van der Waals surface area contributed by atoms with Crippen molar-refractivity contribution in [2.75, 3.05) is 13.2 Å². The first kappa shape index (κ1) is 10.8. The Morgan fingerprint density at radius 3 is 3.07 bits per heavy atom. The second-order valence-electron chi connectivity index (χ2n) is 2.94. The molecule has 1 N–H and O–H groups in total. The molecule has 1 atom stereocenters. The van der Waals surface area contributed by atoms with Crippen molar-refractivity contribution >= 4 is 5.91 Å². The smallest absolute Gasteiger partial charge is 0.246 e. The number of rotatable bonds is 5. The van der Waals surface area contributed by atoms with E-state index in [-0.39, 0.29) is 18.6 Å². The molecule has 0 saturated carbocycles. The Kier molecular flexibility index (Phi) is 4.19. The van der Waals surface area contributed by atoms with Gasteiger partial charge >= 0.3 is 0 Å². The minimum atomic E-state index is -0.129. The molecule has 14 heavy (non-hydrogen) atoms. The highest BCUT2D eigenvalue weighted by Gasteiger charge is 2.10. The molecule has 1 heterocycles. The van der Waals surface area contributed by atoms with Gasteiger partial charge in [-0.15, -0.1) is 0 Å². The topological polar surface area (TPSA) is 51.5 Å². The fourth-order valence-electron chi connectivity index (χ4n) is 1.09. The molecule has 0 fully saturated rings. The van der Waals surface area contributed by atoms with Gasteiger partial charge in [0.2, 0.25) is 5.91 Å². The average Bonchev–Trinajstić information content (AvgIpc) is 2.67. The summed E-state index contributed by atoms with van der Waals surface area (Å²) in [4.78, 5) is 11.2. The third-order valence-corrected chi connectivity index (χ3v) is 1.78. The minimum absolute atomic E-state index is 0.0988. The van der Waals surface area contributed by atoms with Crippen LogP contribution in [0, 0.1) is 0 Å². The molecule has 1 rings (SSSR count). The van der Waals surface area contributed by atoms with E-state index in [9.17, 15) is 4.79 Å². The average molecular weight is 197 g/mol. The van der Waals surface area contributed by atoms with E-state index in [2.05, 4.69) is 5.32 Å². The number of ether oxygens (including phenoxy) is 1. The van der Waals surface area contributed by atoms with Gasteiger partial charge in [0.25, 0.3) is 0 Å². The van der Waals surface area contributed by atoms with E-state index in [0.717, 1.165) is 5.76 Å². The molecule has 1 aromatic heterocycles. The van der Waals surface area contributed by atoms with Crippen molar-refractivity contribution in [1.82, 2.24) is 5.32 Å². The largest absolute Gasteiger partial charge is 0.467 e. The van der Waals surface area contributed by atoms with E-state index < -0.39 is 0 Å². The lowest BCUT2D eigenvalue weighted by molar-refractivity contribution is -0.126. The summed E-state index contributed by atoms with van der Waals surface area (Å²) in [6.45, 7) is 4.36. The maximum Gasteiger partial charge on any atom is 0.246 e. The van der Waals surface area contributed by atoms with Crippen molar-refractivity contribution in [2.24, 2.45) is 0 Å². The molecule has 78 valence electrons. The Hall–Kier alpha value is -1.29. The molecule has 4 heteroatoms. The normalized spacial score (nSPS) is 12.4. The van der Waals surface area contributed by atoms with Gasteiger partial charge < -0.3 is 14.5 Å². The van der Waals surface area contributed by atoms with Crippen LogP contribution in [0.1, 0.15) is 25.6 Å². The number of carbonyl (C=O) groups is 1. The highest BCUT2D eigenvalue weighted by atomic mass is 16.5. The predicted octanol–water partition coefficient (Wildman–Crippen LogP) is 1.49. The second-order valence-corrected chi connectivity index (χ2v) is 2.94. The lowest BCUT2D eigenvalue weighted by Gasteiger charge is -2.10. The molecular formula is C10H15NO3. The van der Waals surface area contributed by atoms with Crippen LogP contribution in [0.4, 0.5) is 0 Å². The van der Waals surface area contributed by atoms with E-state index in [1.807, 2.05) is 19.9 Å². The van der Waals surface area contributed by atoms with Gasteiger partial charge in [0.15, 0.2) is 0 Å². The Balaban J connectivity index is 2.33. The van der Waals surface area contributed by atoms with Crippen LogP contribution in [-0.2, 0) is 9.53 Å². The number of amides is 1. The van der Waals surface area contributed by atoms with Gasteiger partial charge in [-0.3, -0.25) is 4.79 Å². The monoisotopic (exact) mass is 197 g/mol. The van der Waals surface area contributed by atoms with Crippen molar-refractivity contribution in [1.29, 1.82) is 0 Å². The first-order valence-corrected chi connectivity index (χ1v) is 4.64. The van der Waals surface area contributed by atoms with E-state index in [0.29, 0.717) is 6.61 Å². The summed E-state index contributed by atoms with van der Waals surface area (Å²) in [6.07, 6.45) is 1.58. The van der Waals surface area contributed by atoms with Gasteiger partial charge in [-0.1, -0.05) is 0 Å². The molecular weight excluding hydrogens is 182 g/mol. The molecule has 0 aliphatic heterocycles. The van der Waals surface area contributed by atoms with Gasteiger partial charge in [0.1, 0.15) is 12.4 Å². The fraction of sp³-hybridized carbons (Fsp3) is 0.500. The van der Waals surface area contributed by atoms with E-state index >= 15 is 0 Å². The Morgan fingerprint density at radius 2 is 2.50 bits per heavy atom. The summed E-state index contributed by atoms with van der Waals surface area (Å²) in [5, 5.41) is 2.76. The molecule has 4 nitrogen and oxygen atoms in total. The minimum Gasteiger partial charge on any atom is -0.467 e. The first-order chi connectivity index (χ1) is 6.74. The lowest BCUT2D eigenvalue weighted by atomic mass is 10.2. The fourth-order valence-corrected chi connectivity index (χ4v) is 1.09. The standard InChI is InChI=1S/C10H15NO3/c1-3-13-7-10(12)11-8(2)9-5-4-6-14-9/h4-6,8H,3,7H2,1-2H3,(H,11,12)/t8-/m0/s1. The molecule has 0 aromatic carbocycles. The highest BCUT2D eigenvalue weighted by Crippen LogP contribution is 2.11. The molecule has 0 aliphatic rings. The first-order valence-electron chi connectivity index (χ1n) is 4.64. The Bertz CT molecular complexity index is 269. The number of furan rings is 1. The van der Waals surface area contributed by atoms with Crippen LogP contribution in [0.5, 0.6) is 0 Å². The maximum absolute atomic E-state index is 11.2. The summed E-state index contributed by atoms with van der Waals surface area (Å²) < 4.78 is 10.1. The van der Waals surface area contributed by atoms with Crippen molar-refractivity contribution in [3.8, 4) is 0 Å². The van der Waals surface area contributed by atoms with Gasteiger partial charge in [-0.2, -0.15) is 0 Å². The van der Waals surface area contributed by atoms with Gasteiger partial charge in [0.05, 0.1) is 12.3 Å². The second kappa shape index (κ2) is 5.44. The molecule has 0 saturated heterocycles. The molecule has 0 aliphatic carbocycles. The Labute approximate surface area is 83.2 Å². The van der Waals surface area contributed by atoms with Gasteiger partial charge in [0, 0.05) is 6.61 Å². The third-order valence-electron chi connectivity index (χ3n) is 1.78. The van der Waals surface area contributed by atoms with E-state index in [4.69, 9.17) is 9.15 Å². The van der Waals surface area contributed by atoms with E-state index in [1.54, 1.807) is 12.3 Å². The molecule has 0 unspecified atom stereocenters. The molecule has 1 aromatic rings. The number of hydrogen-bond donors (Lipinski definition) is 1. The third kappa shape index (κ3) is 3.22. The van der Waals surface area contributed by atoms with Crippen molar-refractivity contribution < 1.29 is 13.9 Å². The van der Waals surface area contributed by atoms with Crippen LogP contribution in [0.3, 0.4) is 0 Å². The zero-order valence-corrected chi connectivity index (χ0v) is 8.45. The van der Waals surface area contributed by atoms with Crippen LogP contribution in [0.15, 0.2) is 22.8 Å². The van der Waals surface area contributed by atoms with Crippen LogP contribution >= 0.6 is 0 Å². The van der Waals surface area contributed by atoms with Gasteiger partial charge in [-0.25, -0.2) is 0 Å². The summed E-state index contributed by atoms with van der Waals surface area (Å²) in [6, 6.07) is 3.50. The number of hydrogen-bond acceptors (Lipinski definition) is 3. The van der Waals surface area contributed by atoms with Gasteiger partial charge in [-0.05, 0) is 26.0 Å². The van der Waals surface area contributed by atoms with Crippen molar-refractivity contribution in [2.45, 2.75) is 19.9 Å². The number of nitrogens with one attached hydrogen (secondary N) is 1. The molecule has 0 bridgehead atoms. The Morgan fingerprint density at radius 1 is 1.71 bits per heavy atom. The van der Waals surface area contributed by atoms with Crippen molar-refractivity contribution in [3.63, 3.8) is 0 Å². The summed E-state index contributed by atoms with van der Waals surface area (Å²) in [5.74, 6) is 0.616. The van der Waals surface area contributed by atoms with Crippen LogP contribution in [0.2, 0.25) is 0 Å². The summed E-state index contributed by atoms with van der Waals surface area (Å²) >= 11 is 0. The number of carbonyl (C=O) groups excluding carboxylic acids is 1. The van der Waals surface area contributed by atoms with Crippen LogP contribution < -0.4 is 5.32 Å².